The van der Waals surface area contributed by atoms with Crippen molar-refractivity contribution >= 4 is 0 Å². The van der Waals surface area contributed by atoms with Crippen LogP contribution in [0, 0.1) is 6.92 Å². The minimum absolute atomic E-state index is 0.0301. The fraction of sp³-hybridized carbons (Fsp3) is 0.200. The van der Waals surface area contributed by atoms with Gasteiger partial charge in [-0.1, -0.05) is 24.3 Å². The zero-order valence-electron chi connectivity index (χ0n) is 11.3. The topological polar surface area (TPSA) is 58.9 Å². The molecule has 0 atom stereocenters. The van der Waals surface area contributed by atoms with Crippen LogP contribution in [-0.2, 0) is 0 Å². The van der Waals surface area contributed by atoms with Crippen LogP contribution in [0.25, 0.3) is 0 Å². The number of hydrogen-bond donors (Lipinski definition) is 2. The fourth-order valence-electron chi connectivity index (χ4n) is 1.43. The lowest BCUT2D eigenvalue weighted by Crippen LogP contribution is -1.88. The van der Waals surface area contributed by atoms with Crippen LogP contribution in [0.5, 0.6) is 23.0 Å². The first kappa shape index (κ1) is 14.7. The Kier molecular flexibility index (Phi) is 5.54. The maximum absolute atomic E-state index is 8.96. The van der Waals surface area contributed by atoms with Gasteiger partial charge in [-0.3, -0.25) is 0 Å². The number of rotatable bonds is 2. The molecule has 0 bridgehead atoms. The van der Waals surface area contributed by atoms with E-state index in [0.29, 0.717) is 5.56 Å². The van der Waals surface area contributed by atoms with E-state index in [1.54, 1.807) is 33.3 Å². The summed E-state index contributed by atoms with van der Waals surface area (Å²) in [5.74, 6) is 1.45. The number of para-hydroxylation sites is 3. The van der Waals surface area contributed by atoms with Crippen LogP contribution in [0.1, 0.15) is 5.56 Å². The molecule has 4 nitrogen and oxygen atoms in total. The van der Waals surface area contributed by atoms with Gasteiger partial charge in [0.1, 0.15) is 0 Å². The second kappa shape index (κ2) is 7.16. The molecule has 0 radical (unpaired) electrons. The van der Waals surface area contributed by atoms with E-state index in [-0.39, 0.29) is 11.5 Å². The van der Waals surface area contributed by atoms with Gasteiger partial charge in [-0.25, -0.2) is 0 Å². The smallest absolute Gasteiger partial charge is 0.160 e. The number of phenolic OH excluding ortho intramolecular Hbond substituents is 2. The molecule has 2 aromatic rings. The molecule has 2 rings (SSSR count). The Labute approximate surface area is 112 Å². The highest BCUT2D eigenvalue weighted by atomic mass is 16.5. The Morgan fingerprint density at radius 3 is 1.68 bits per heavy atom. The third-order valence-electron chi connectivity index (χ3n) is 2.51. The van der Waals surface area contributed by atoms with Gasteiger partial charge in [-0.2, -0.15) is 0 Å². The summed E-state index contributed by atoms with van der Waals surface area (Å²) in [6.45, 7) is 1.73. The molecule has 0 fully saturated rings. The third kappa shape index (κ3) is 4.10. The van der Waals surface area contributed by atoms with Crippen LogP contribution in [0.2, 0.25) is 0 Å². The molecule has 0 aromatic heterocycles. The maximum Gasteiger partial charge on any atom is 0.160 e. The number of methoxy groups -OCH3 is 2. The Hall–Kier alpha value is -2.36. The lowest BCUT2D eigenvalue weighted by Gasteiger charge is -2.04. The lowest BCUT2D eigenvalue weighted by molar-refractivity contribution is 0.355. The molecule has 0 unspecified atom stereocenters. The maximum atomic E-state index is 8.96. The van der Waals surface area contributed by atoms with Gasteiger partial charge >= 0.3 is 0 Å². The van der Waals surface area contributed by atoms with Gasteiger partial charge in [-0.05, 0) is 30.7 Å². The zero-order valence-corrected chi connectivity index (χ0v) is 11.3. The van der Waals surface area contributed by atoms with Gasteiger partial charge in [0.2, 0.25) is 0 Å². The van der Waals surface area contributed by atoms with Crippen LogP contribution in [0.15, 0.2) is 42.5 Å². The van der Waals surface area contributed by atoms with Gasteiger partial charge in [0.05, 0.1) is 14.2 Å². The van der Waals surface area contributed by atoms with Crippen molar-refractivity contribution in [2.75, 3.05) is 14.2 Å². The van der Waals surface area contributed by atoms with Gasteiger partial charge in [0.25, 0.3) is 0 Å². The summed E-state index contributed by atoms with van der Waals surface area (Å²) in [5.41, 5.74) is 0.690. The van der Waals surface area contributed by atoms with Crippen molar-refractivity contribution in [3.8, 4) is 23.0 Å². The molecule has 0 aliphatic rings. The van der Waals surface area contributed by atoms with Crippen molar-refractivity contribution in [3.63, 3.8) is 0 Å². The van der Waals surface area contributed by atoms with Crippen LogP contribution in [0.4, 0.5) is 0 Å². The molecule has 0 aliphatic heterocycles. The van der Waals surface area contributed by atoms with E-state index < -0.39 is 0 Å². The first-order valence-electron chi connectivity index (χ1n) is 5.74. The van der Waals surface area contributed by atoms with E-state index in [2.05, 4.69) is 0 Å². The molecule has 19 heavy (non-hydrogen) atoms. The second-order valence-electron chi connectivity index (χ2n) is 3.80. The molecule has 2 N–H and O–H groups in total. The van der Waals surface area contributed by atoms with Gasteiger partial charge in [-0.15, -0.1) is 0 Å². The molecule has 0 amide bonds. The average molecular weight is 262 g/mol. The van der Waals surface area contributed by atoms with Crippen molar-refractivity contribution in [1.29, 1.82) is 0 Å². The molecule has 4 heteroatoms. The lowest BCUT2D eigenvalue weighted by atomic mass is 10.2. The molecule has 0 heterocycles. The summed E-state index contributed by atoms with van der Waals surface area (Å²) in [5, 5.41) is 17.8. The van der Waals surface area contributed by atoms with Crippen LogP contribution < -0.4 is 9.47 Å². The molecule has 0 aliphatic carbocycles. The average Bonchev–Trinajstić information content (AvgIpc) is 2.45. The monoisotopic (exact) mass is 262 g/mol. The minimum Gasteiger partial charge on any atom is -0.504 e. The normalized spacial score (nSPS) is 9.21. The molecular formula is C15H18O4. The van der Waals surface area contributed by atoms with Crippen molar-refractivity contribution in [2.45, 2.75) is 6.92 Å². The molecule has 0 saturated heterocycles. The van der Waals surface area contributed by atoms with Crippen molar-refractivity contribution < 1.29 is 19.7 Å². The van der Waals surface area contributed by atoms with Gasteiger partial charge < -0.3 is 19.7 Å². The number of benzene rings is 2. The quantitative estimate of drug-likeness (QED) is 0.816. The molecule has 102 valence electrons. The van der Waals surface area contributed by atoms with E-state index >= 15 is 0 Å². The summed E-state index contributed by atoms with van der Waals surface area (Å²) in [7, 11) is 3.25. The summed E-state index contributed by atoms with van der Waals surface area (Å²) >= 11 is 0. The Morgan fingerprint density at radius 2 is 1.32 bits per heavy atom. The van der Waals surface area contributed by atoms with Crippen molar-refractivity contribution in [3.05, 3.63) is 48.0 Å². The Morgan fingerprint density at radius 1 is 0.789 bits per heavy atom. The Bertz CT molecular complexity index is 480. The summed E-state index contributed by atoms with van der Waals surface area (Å²) in [4.78, 5) is 0. The van der Waals surface area contributed by atoms with Crippen molar-refractivity contribution in [2.24, 2.45) is 0 Å². The predicted molar refractivity (Wildman–Crippen MR) is 74.1 cm³/mol. The highest BCUT2D eigenvalue weighted by Crippen LogP contribution is 2.26. The van der Waals surface area contributed by atoms with Gasteiger partial charge in [0.15, 0.2) is 23.0 Å². The number of phenols is 2. The highest BCUT2D eigenvalue weighted by molar-refractivity contribution is 5.43. The largest absolute Gasteiger partial charge is 0.504 e. The van der Waals surface area contributed by atoms with E-state index in [0.717, 1.165) is 11.5 Å². The van der Waals surface area contributed by atoms with E-state index in [9.17, 15) is 0 Å². The van der Waals surface area contributed by atoms with E-state index in [4.69, 9.17) is 19.7 Å². The summed E-state index contributed by atoms with van der Waals surface area (Å²) in [6, 6.07) is 12.4. The van der Waals surface area contributed by atoms with E-state index in [1.807, 2.05) is 24.3 Å². The van der Waals surface area contributed by atoms with Crippen LogP contribution in [-0.4, -0.2) is 24.4 Å². The zero-order chi connectivity index (χ0) is 14.3. The number of hydrogen-bond acceptors (Lipinski definition) is 4. The van der Waals surface area contributed by atoms with Gasteiger partial charge in [0, 0.05) is 0 Å². The Balaban J connectivity index is 0.000000191. The highest BCUT2D eigenvalue weighted by Gasteiger charge is 1.98. The second-order valence-corrected chi connectivity index (χ2v) is 3.80. The number of ether oxygens (including phenoxy) is 2. The molecular weight excluding hydrogens is 244 g/mol. The van der Waals surface area contributed by atoms with Crippen LogP contribution in [0.3, 0.4) is 0 Å². The first-order valence-corrected chi connectivity index (χ1v) is 5.74. The minimum atomic E-state index is -0.0602. The van der Waals surface area contributed by atoms with E-state index in [1.165, 1.54) is 6.07 Å². The predicted octanol–water partition coefficient (Wildman–Crippen LogP) is 3.11. The fourth-order valence-corrected chi connectivity index (χ4v) is 1.43. The first-order chi connectivity index (χ1) is 9.10. The molecule has 0 spiro atoms. The summed E-state index contributed by atoms with van der Waals surface area (Å²) in [6.07, 6.45) is 0. The SMILES string of the molecule is COc1ccccc1OC.Cc1cccc(O)c1O. The third-order valence-corrected chi connectivity index (χ3v) is 2.51. The van der Waals surface area contributed by atoms with Crippen LogP contribution >= 0.6 is 0 Å². The van der Waals surface area contributed by atoms with Crippen molar-refractivity contribution in [1.82, 2.24) is 0 Å². The number of aryl methyl sites for hydroxylation is 1. The number of aromatic hydroxyl groups is 2. The standard InChI is InChI=1S/C8H10O2.C7H8O2/c1-9-7-5-3-4-6-8(7)10-2;1-5-3-2-4-6(8)7(5)9/h3-6H,1-2H3;2-4,8-9H,1H3. The molecule has 2 aromatic carbocycles. The molecule has 0 saturated carbocycles. The summed E-state index contributed by atoms with van der Waals surface area (Å²) < 4.78 is 10.0.